The predicted octanol–water partition coefficient (Wildman–Crippen LogP) is 3.31. The first-order chi connectivity index (χ1) is 8.96. The molecule has 2 aromatic rings. The Kier molecular flexibility index (Phi) is 3.80. The number of carboxylic acids is 1. The van der Waals surface area contributed by atoms with Crippen LogP contribution < -0.4 is 0 Å². The molecular formula is C14H10Cl2O3. The molecule has 0 radical (unpaired) electrons. The van der Waals surface area contributed by atoms with E-state index >= 15 is 0 Å². The Labute approximate surface area is 120 Å². The minimum absolute atomic E-state index is 0.0808. The third-order valence-electron chi connectivity index (χ3n) is 2.82. The summed E-state index contributed by atoms with van der Waals surface area (Å²) in [6.45, 7) is 0. The smallest absolute Gasteiger partial charge is 0.345 e. The summed E-state index contributed by atoms with van der Waals surface area (Å²) in [5.74, 6) is -1.40. The molecule has 5 heteroatoms. The van der Waals surface area contributed by atoms with Gasteiger partial charge in [0, 0.05) is 15.6 Å². The second-order valence-electron chi connectivity index (χ2n) is 4.01. The molecular weight excluding hydrogens is 287 g/mol. The Bertz CT molecular complexity index is 613. The molecule has 0 aromatic heterocycles. The van der Waals surface area contributed by atoms with Crippen molar-refractivity contribution in [3.8, 4) is 0 Å². The molecule has 0 amide bonds. The summed E-state index contributed by atoms with van der Waals surface area (Å²) >= 11 is 11.8. The highest BCUT2D eigenvalue weighted by Crippen LogP contribution is 2.35. The Balaban J connectivity index is 2.67. The maximum Gasteiger partial charge on any atom is 0.345 e. The van der Waals surface area contributed by atoms with E-state index in [1.807, 2.05) is 0 Å². The number of carbonyl (C=O) groups is 1. The van der Waals surface area contributed by atoms with Crippen molar-refractivity contribution in [3.63, 3.8) is 0 Å². The molecule has 19 heavy (non-hydrogen) atoms. The highest BCUT2D eigenvalue weighted by atomic mass is 35.5. The Morgan fingerprint density at radius 3 is 2.21 bits per heavy atom. The summed E-state index contributed by atoms with van der Waals surface area (Å²) in [5.41, 5.74) is -1.90. The van der Waals surface area contributed by atoms with Crippen LogP contribution in [0.5, 0.6) is 0 Å². The van der Waals surface area contributed by atoms with Gasteiger partial charge in [-0.2, -0.15) is 0 Å². The summed E-state index contributed by atoms with van der Waals surface area (Å²) in [6, 6.07) is 12.4. The zero-order chi connectivity index (χ0) is 14.0. The van der Waals surface area contributed by atoms with Gasteiger partial charge in [0.15, 0.2) is 0 Å². The molecule has 3 nitrogen and oxygen atoms in total. The number of hydrogen-bond donors (Lipinski definition) is 2. The third kappa shape index (κ3) is 2.45. The van der Waals surface area contributed by atoms with Crippen molar-refractivity contribution in [3.05, 3.63) is 69.7 Å². The number of rotatable bonds is 3. The first-order valence-corrected chi connectivity index (χ1v) is 6.18. The van der Waals surface area contributed by atoms with Crippen LogP contribution in [-0.4, -0.2) is 16.2 Å². The number of aliphatic hydroxyl groups is 1. The third-order valence-corrected chi connectivity index (χ3v) is 3.37. The van der Waals surface area contributed by atoms with E-state index in [0.29, 0.717) is 5.02 Å². The van der Waals surface area contributed by atoms with E-state index in [1.165, 1.54) is 30.3 Å². The second-order valence-corrected chi connectivity index (χ2v) is 4.85. The zero-order valence-corrected chi connectivity index (χ0v) is 11.2. The molecule has 0 bridgehead atoms. The van der Waals surface area contributed by atoms with Crippen LogP contribution >= 0.6 is 23.2 Å². The van der Waals surface area contributed by atoms with E-state index in [0.717, 1.165) is 0 Å². The minimum Gasteiger partial charge on any atom is -0.479 e. The molecule has 0 heterocycles. The Morgan fingerprint density at radius 1 is 1.05 bits per heavy atom. The van der Waals surface area contributed by atoms with Gasteiger partial charge in [-0.25, -0.2) is 4.79 Å². The predicted molar refractivity (Wildman–Crippen MR) is 73.5 cm³/mol. The van der Waals surface area contributed by atoms with Gasteiger partial charge in [-0.3, -0.25) is 0 Å². The fourth-order valence-electron chi connectivity index (χ4n) is 1.86. The molecule has 0 saturated heterocycles. The second kappa shape index (κ2) is 5.21. The average molecular weight is 297 g/mol. The highest BCUT2D eigenvalue weighted by Gasteiger charge is 2.41. The standard InChI is InChI=1S/C14H10Cl2O3/c15-10-6-7-11(12(16)8-10)14(19,13(17)18)9-4-2-1-3-5-9/h1-8,19H,(H,17,18). The summed E-state index contributed by atoms with van der Waals surface area (Å²) in [6.07, 6.45) is 0. The lowest BCUT2D eigenvalue weighted by Gasteiger charge is -2.25. The van der Waals surface area contributed by atoms with Crippen LogP contribution in [0.2, 0.25) is 10.0 Å². The first-order valence-electron chi connectivity index (χ1n) is 5.43. The normalized spacial score (nSPS) is 13.8. The molecule has 2 aromatic carbocycles. The summed E-state index contributed by atoms with van der Waals surface area (Å²) in [7, 11) is 0. The number of halogens is 2. The molecule has 98 valence electrons. The van der Waals surface area contributed by atoms with E-state index in [2.05, 4.69) is 0 Å². The maximum atomic E-state index is 11.5. The van der Waals surface area contributed by atoms with Gasteiger partial charge in [-0.1, -0.05) is 59.6 Å². The van der Waals surface area contributed by atoms with Crippen LogP contribution in [0.15, 0.2) is 48.5 Å². The van der Waals surface area contributed by atoms with Crippen molar-refractivity contribution in [2.45, 2.75) is 5.60 Å². The number of carboxylic acid groups (broad SMARTS) is 1. The molecule has 0 spiro atoms. The van der Waals surface area contributed by atoms with Crippen LogP contribution in [0.1, 0.15) is 11.1 Å². The highest BCUT2D eigenvalue weighted by molar-refractivity contribution is 6.35. The quantitative estimate of drug-likeness (QED) is 0.913. The summed E-state index contributed by atoms with van der Waals surface area (Å²) in [5, 5.41) is 20.4. The van der Waals surface area contributed by atoms with Gasteiger partial charge in [0.2, 0.25) is 5.60 Å². The molecule has 2 N–H and O–H groups in total. The van der Waals surface area contributed by atoms with E-state index < -0.39 is 11.6 Å². The zero-order valence-electron chi connectivity index (χ0n) is 9.68. The van der Waals surface area contributed by atoms with Crippen LogP contribution in [-0.2, 0) is 10.4 Å². The van der Waals surface area contributed by atoms with Crippen molar-refractivity contribution >= 4 is 29.2 Å². The number of benzene rings is 2. The van der Waals surface area contributed by atoms with Crippen LogP contribution in [0, 0.1) is 0 Å². The summed E-state index contributed by atoms with van der Waals surface area (Å²) in [4.78, 5) is 11.5. The van der Waals surface area contributed by atoms with Gasteiger partial charge < -0.3 is 10.2 Å². The minimum atomic E-state index is -2.21. The van der Waals surface area contributed by atoms with Crippen molar-refractivity contribution in [2.75, 3.05) is 0 Å². The largest absolute Gasteiger partial charge is 0.479 e. The van der Waals surface area contributed by atoms with Gasteiger partial charge in [-0.15, -0.1) is 0 Å². The van der Waals surface area contributed by atoms with Crippen molar-refractivity contribution in [1.29, 1.82) is 0 Å². The first kappa shape index (κ1) is 13.9. The van der Waals surface area contributed by atoms with Crippen LogP contribution in [0.4, 0.5) is 0 Å². The Morgan fingerprint density at radius 2 is 1.68 bits per heavy atom. The molecule has 0 aliphatic rings. The van der Waals surface area contributed by atoms with Gasteiger partial charge in [-0.05, 0) is 17.7 Å². The van der Waals surface area contributed by atoms with E-state index in [9.17, 15) is 15.0 Å². The van der Waals surface area contributed by atoms with Crippen molar-refractivity contribution in [1.82, 2.24) is 0 Å². The lowest BCUT2D eigenvalue weighted by atomic mass is 9.86. The SMILES string of the molecule is O=C(O)C(O)(c1ccccc1)c1ccc(Cl)cc1Cl. The average Bonchev–Trinajstić information content (AvgIpc) is 2.38. The Hall–Kier alpha value is -1.55. The van der Waals surface area contributed by atoms with Gasteiger partial charge in [0.25, 0.3) is 0 Å². The topological polar surface area (TPSA) is 57.5 Å². The van der Waals surface area contributed by atoms with Gasteiger partial charge >= 0.3 is 5.97 Å². The molecule has 1 atom stereocenters. The van der Waals surface area contributed by atoms with Gasteiger partial charge in [0.05, 0.1) is 0 Å². The van der Waals surface area contributed by atoms with Crippen LogP contribution in [0.25, 0.3) is 0 Å². The van der Waals surface area contributed by atoms with Crippen LogP contribution in [0.3, 0.4) is 0 Å². The number of hydrogen-bond acceptors (Lipinski definition) is 2. The summed E-state index contributed by atoms with van der Waals surface area (Å²) < 4.78 is 0. The fourth-order valence-corrected chi connectivity index (χ4v) is 2.40. The molecule has 0 aliphatic heterocycles. The van der Waals surface area contributed by atoms with E-state index in [4.69, 9.17) is 23.2 Å². The molecule has 0 fully saturated rings. The lowest BCUT2D eigenvalue weighted by molar-refractivity contribution is -0.155. The fraction of sp³-hybridized carbons (Fsp3) is 0.0714. The number of aliphatic carboxylic acids is 1. The molecule has 2 rings (SSSR count). The van der Waals surface area contributed by atoms with Crippen molar-refractivity contribution in [2.24, 2.45) is 0 Å². The van der Waals surface area contributed by atoms with E-state index in [1.54, 1.807) is 18.2 Å². The molecule has 0 aliphatic carbocycles. The van der Waals surface area contributed by atoms with E-state index in [-0.39, 0.29) is 16.1 Å². The maximum absolute atomic E-state index is 11.5. The van der Waals surface area contributed by atoms with Gasteiger partial charge in [0.1, 0.15) is 0 Å². The lowest BCUT2D eigenvalue weighted by Crippen LogP contribution is -2.37. The monoisotopic (exact) mass is 296 g/mol. The molecule has 1 unspecified atom stereocenters. The van der Waals surface area contributed by atoms with Crippen molar-refractivity contribution < 1.29 is 15.0 Å². The molecule has 0 saturated carbocycles.